The number of hydrogen-bond donors (Lipinski definition) is 0. The minimum Gasteiger partial charge on any atom is -0.298 e. The Morgan fingerprint density at radius 3 is 2.58 bits per heavy atom. The van der Waals surface area contributed by atoms with E-state index in [4.69, 9.17) is 4.98 Å². The molecular formula is C26H21FN4OS. The molecule has 1 aliphatic heterocycles. The number of rotatable bonds is 4. The molecule has 0 amide bonds. The Bertz CT molecular complexity index is 1530. The van der Waals surface area contributed by atoms with Gasteiger partial charge in [0, 0.05) is 16.8 Å². The molecular weight excluding hydrogens is 435 g/mol. The standard InChI is InChI=1S/C26H21FN4OS/c27-19-6-3-17(4-7-19)24-14-23-25(33-24)26(32)31(16-28-23)21-9-10-22-18(13-21)5-8-20(29-22)15-30-11-1-2-12-30/h3-10,13-14,16H,1-2,11-12,15H2. The highest BCUT2D eigenvalue weighted by molar-refractivity contribution is 7.22. The van der Waals surface area contributed by atoms with Crippen molar-refractivity contribution in [3.05, 3.63) is 88.9 Å². The zero-order valence-corrected chi connectivity index (χ0v) is 18.7. The predicted octanol–water partition coefficient (Wildman–Crippen LogP) is 5.40. The zero-order valence-electron chi connectivity index (χ0n) is 17.9. The molecule has 1 fully saturated rings. The van der Waals surface area contributed by atoms with Gasteiger partial charge in [-0.2, -0.15) is 0 Å². The van der Waals surface area contributed by atoms with Crippen LogP contribution in [0.25, 0.3) is 37.2 Å². The molecule has 2 aromatic carbocycles. The van der Waals surface area contributed by atoms with Gasteiger partial charge in [-0.25, -0.2) is 9.37 Å². The average Bonchev–Trinajstić information content (AvgIpc) is 3.50. The van der Waals surface area contributed by atoms with Crippen LogP contribution in [0.3, 0.4) is 0 Å². The molecule has 4 heterocycles. The van der Waals surface area contributed by atoms with Gasteiger partial charge in [0.25, 0.3) is 5.56 Å². The Morgan fingerprint density at radius 2 is 1.76 bits per heavy atom. The van der Waals surface area contributed by atoms with Gasteiger partial charge in [-0.1, -0.05) is 18.2 Å². The maximum atomic E-state index is 13.3. The van der Waals surface area contributed by atoms with E-state index in [-0.39, 0.29) is 11.4 Å². The highest BCUT2D eigenvalue weighted by atomic mass is 32.1. The topological polar surface area (TPSA) is 51.0 Å². The van der Waals surface area contributed by atoms with Gasteiger partial charge in [-0.3, -0.25) is 19.2 Å². The summed E-state index contributed by atoms with van der Waals surface area (Å²) >= 11 is 1.38. The molecule has 1 aliphatic rings. The van der Waals surface area contributed by atoms with Crippen molar-refractivity contribution < 1.29 is 4.39 Å². The molecule has 33 heavy (non-hydrogen) atoms. The third-order valence-corrected chi connectivity index (χ3v) is 7.32. The van der Waals surface area contributed by atoms with E-state index >= 15 is 0 Å². The summed E-state index contributed by atoms with van der Waals surface area (Å²) in [5.41, 5.74) is 4.15. The first-order valence-corrected chi connectivity index (χ1v) is 11.9. The van der Waals surface area contributed by atoms with Crippen molar-refractivity contribution in [1.82, 2.24) is 19.4 Å². The highest BCUT2D eigenvalue weighted by Crippen LogP contribution is 2.31. The van der Waals surface area contributed by atoms with Crippen LogP contribution in [0.2, 0.25) is 0 Å². The van der Waals surface area contributed by atoms with Crippen LogP contribution in [0.5, 0.6) is 0 Å². The Balaban J connectivity index is 1.35. The summed E-state index contributed by atoms with van der Waals surface area (Å²) < 4.78 is 15.4. The highest BCUT2D eigenvalue weighted by Gasteiger charge is 2.14. The first-order chi connectivity index (χ1) is 16.1. The first-order valence-electron chi connectivity index (χ1n) is 11.0. The summed E-state index contributed by atoms with van der Waals surface area (Å²) in [5.74, 6) is -0.283. The van der Waals surface area contributed by atoms with E-state index in [9.17, 15) is 9.18 Å². The summed E-state index contributed by atoms with van der Waals surface area (Å²) in [5, 5.41) is 0.989. The molecule has 164 valence electrons. The first kappa shape index (κ1) is 20.2. The van der Waals surface area contributed by atoms with Crippen LogP contribution in [-0.2, 0) is 6.54 Å². The molecule has 0 saturated carbocycles. The SMILES string of the molecule is O=c1c2sc(-c3ccc(F)cc3)cc2ncn1-c1ccc2nc(CN3CCCC3)ccc2c1. The number of benzene rings is 2. The summed E-state index contributed by atoms with van der Waals surface area (Å²) in [6, 6.07) is 18.2. The zero-order chi connectivity index (χ0) is 22.4. The lowest BCUT2D eigenvalue weighted by Crippen LogP contribution is -2.19. The number of hydrogen-bond acceptors (Lipinski definition) is 5. The number of pyridine rings is 1. The summed E-state index contributed by atoms with van der Waals surface area (Å²) in [7, 11) is 0. The van der Waals surface area contributed by atoms with Crippen molar-refractivity contribution in [2.75, 3.05) is 13.1 Å². The summed E-state index contributed by atoms with van der Waals surface area (Å²) in [6.07, 6.45) is 4.10. The second kappa shape index (κ2) is 8.17. The number of fused-ring (bicyclic) bond motifs is 2. The van der Waals surface area contributed by atoms with Gasteiger partial charge in [0.1, 0.15) is 16.8 Å². The third kappa shape index (κ3) is 3.83. The van der Waals surface area contributed by atoms with Gasteiger partial charge in [0.2, 0.25) is 0 Å². The van der Waals surface area contributed by atoms with Gasteiger partial charge < -0.3 is 0 Å². The van der Waals surface area contributed by atoms with Gasteiger partial charge in [-0.15, -0.1) is 11.3 Å². The van der Waals surface area contributed by atoms with E-state index in [0.717, 1.165) is 52.4 Å². The van der Waals surface area contributed by atoms with E-state index in [1.807, 2.05) is 24.3 Å². The molecule has 0 N–H and O–H groups in total. The normalized spacial score (nSPS) is 14.5. The minimum atomic E-state index is -0.283. The number of likely N-dealkylation sites (tertiary alicyclic amines) is 1. The molecule has 5 nitrogen and oxygen atoms in total. The Morgan fingerprint density at radius 1 is 0.939 bits per heavy atom. The summed E-state index contributed by atoms with van der Waals surface area (Å²) in [6.45, 7) is 3.16. The molecule has 7 heteroatoms. The second-order valence-electron chi connectivity index (χ2n) is 8.41. The van der Waals surface area contributed by atoms with Crippen molar-refractivity contribution in [2.24, 2.45) is 0 Å². The fourth-order valence-corrected chi connectivity index (χ4v) is 5.46. The Labute approximate surface area is 193 Å². The van der Waals surface area contributed by atoms with E-state index in [1.54, 1.807) is 23.0 Å². The molecule has 6 rings (SSSR count). The van der Waals surface area contributed by atoms with Crippen molar-refractivity contribution >= 4 is 32.5 Å². The maximum Gasteiger partial charge on any atom is 0.275 e. The fourth-order valence-electron chi connectivity index (χ4n) is 4.42. The second-order valence-corrected chi connectivity index (χ2v) is 9.47. The molecule has 0 spiro atoms. The van der Waals surface area contributed by atoms with Crippen molar-refractivity contribution in [3.8, 4) is 16.1 Å². The smallest absolute Gasteiger partial charge is 0.275 e. The largest absolute Gasteiger partial charge is 0.298 e. The van der Waals surface area contributed by atoms with Crippen LogP contribution in [-0.4, -0.2) is 32.5 Å². The lowest BCUT2D eigenvalue weighted by Gasteiger charge is -2.14. The molecule has 1 saturated heterocycles. The molecule has 0 radical (unpaired) electrons. The Hall–Kier alpha value is -3.42. The number of aromatic nitrogens is 3. The van der Waals surface area contributed by atoms with Crippen molar-refractivity contribution in [3.63, 3.8) is 0 Å². The quantitative estimate of drug-likeness (QED) is 0.364. The van der Waals surface area contributed by atoms with Crippen LogP contribution in [0.1, 0.15) is 18.5 Å². The van der Waals surface area contributed by atoms with Crippen molar-refractivity contribution in [1.29, 1.82) is 0 Å². The molecule has 5 aromatic rings. The average molecular weight is 457 g/mol. The monoisotopic (exact) mass is 456 g/mol. The fraction of sp³-hybridized carbons (Fsp3) is 0.192. The van der Waals surface area contributed by atoms with E-state index < -0.39 is 0 Å². The summed E-state index contributed by atoms with van der Waals surface area (Å²) in [4.78, 5) is 25.9. The minimum absolute atomic E-state index is 0.115. The van der Waals surface area contributed by atoms with Crippen LogP contribution in [0, 0.1) is 5.82 Å². The van der Waals surface area contributed by atoms with E-state index in [0.29, 0.717) is 10.2 Å². The van der Waals surface area contributed by atoms with Crippen LogP contribution in [0.4, 0.5) is 4.39 Å². The molecule has 3 aromatic heterocycles. The van der Waals surface area contributed by atoms with Crippen LogP contribution in [0.15, 0.2) is 71.8 Å². The lowest BCUT2D eigenvalue weighted by molar-refractivity contribution is 0.327. The maximum absolute atomic E-state index is 13.3. The lowest BCUT2D eigenvalue weighted by atomic mass is 10.1. The van der Waals surface area contributed by atoms with Gasteiger partial charge in [0.15, 0.2) is 0 Å². The number of nitrogens with zero attached hydrogens (tertiary/aromatic N) is 4. The van der Waals surface area contributed by atoms with Gasteiger partial charge in [-0.05, 0) is 74.0 Å². The van der Waals surface area contributed by atoms with Crippen LogP contribution < -0.4 is 5.56 Å². The Kier molecular flexibility index (Phi) is 5.00. The predicted molar refractivity (Wildman–Crippen MR) is 130 cm³/mol. The molecule has 0 atom stereocenters. The van der Waals surface area contributed by atoms with E-state index in [1.165, 1.54) is 36.3 Å². The number of halogens is 1. The van der Waals surface area contributed by atoms with Crippen molar-refractivity contribution in [2.45, 2.75) is 19.4 Å². The molecule has 0 aliphatic carbocycles. The van der Waals surface area contributed by atoms with Gasteiger partial charge in [0.05, 0.1) is 22.4 Å². The van der Waals surface area contributed by atoms with Crippen LogP contribution >= 0.6 is 11.3 Å². The third-order valence-electron chi connectivity index (χ3n) is 6.16. The van der Waals surface area contributed by atoms with E-state index in [2.05, 4.69) is 22.0 Å². The number of thiophene rings is 1. The molecule has 0 unspecified atom stereocenters. The molecule has 0 bridgehead atoms. The van der Waals surface area contributed by atoms with Gasteiger partial charge >= 0.3 is 0 Å².